The summed E-state index contributed by atoms with van der Waals surface area (Å²) in [5.41, 5.74) is 0. The standard InChI is InChI=1S/C18H32O15/c1-4-7(21)9(23)11(25)17(29-4)33-15-13(27)14(6(3-20)30-16(15)28)32-18-12(26)10(24)8(22)5(2-19)31-18/h4-28H,2-3H2,1H3/t4-,5+,6+,7+,8-,9+,10-,11-,12+,13-,14+,15+,16-,17-,18-/m0/s1. The lowest BCUT2D eigenvalue weighted by molar-refractivity contribution is -0.381. The Morgan fingerprint density at radius 3 is 1.64 bits per heavy atom. The molecule has 0 aromatic heterocycles. The first-order valence-electron chi connectivity index (χ1n) is 10.4. The summed E-state index contributed by atoms with van der Waals surface area (Å²) >= 11 is 0. The molecule has 15 heteroatoms. The van der Waals surface area contributed by atoms with Crippen LogP contribution >= 0.6 is 0 Å². The van der Waals surface area contributed by atoms with Gasteiger partial charge in [0, 0.05) is 0 Å². The van der Waals surface area contributed by atoms with Gasteiger partial charge in [-0.3, -0.25) is 0 Å². The monoisotopic (exact) mass is 488 g/mol. The molecule has 0 spiro atoms. The van der Waals surface area contributed by atoms with Crippen LogP contribution < -0.4 is 0 Å². The van der Waals surface area contributed by atoms with Crippen LogP contribution in [0, 0.1) is 0 Å². The van der Waals surface area contributed by atoms with Crippen LogP contribution in [0.15, 0.2) is 0 Å². The second-order valence-corrected chi connectivity index (χ2v) is 8.32. The third-order valence-corrected chi connectivity index (χ3v) is 6.05. The molecule has 3 rings (SSSR count). The van der Waals surface area contributed by atoms with Crippen LogP contribution in [0.3, 0.4) is 0 Å². The van der Waals surface area contributed by atoms with Crippen LogP contribution in [-0.4, -0.2) is 156 Å². The minimum Gasteiger partial charge on any atom is -0.394 e. The summed E-state index contributed by atoms with van der Waals surface area (Å²) in [6.45, 7) is -0.105. The van der Waals surface area contributed by atoms with Crippen LogP contribution in [-0.2, 0) is 23.7 Å². The van der Waals surface area contributed by atoms with E-state index in [1.165, 1.54) is 6.92 Å². The van der Waals surface area contributed by atoms with Gasteiger partial charge in [-0.15, -0.1) is 0 Å². The molecule has 3 fully saturated rings. The molecule has 3 saturated heterocycles. The maximum absolute atomic E-state index is 10.8. The Bertz CT molecular complexity index is 624. The van der Waals surface area contributed by atoms with E-state index >= 15 is 0 Å². The number of aliphatic hydroxyl groups excluding tert-OH is 10. The first-order valence-corrected chi connectivity index (χ1v) is 10.4. The summed E-state index contributed by atoms with van der Waals surface area (Å²) in [6, 6.07) is 0. The van der Waals surface area contributed by atoms with E-state index in [1.54, 1.807) is 0 Å². The number of rotatable bonds is 6. The van der Waals surface area contributed by atoms with Crippen molar-refractivity contribution in [2.45, 2.75) is 99.0 Å². The molecule has 0 unspecified atom stereocenters. The van der Waals surface area contributed by atoms with Crippen LogP contribution in [0.1, 0.15) is 6.92 Å². The largest absolute Gasteiger partial charge is 0.394 e. The highest BCUT2D eigenvalue weighted by atomic mass is 16.8. The van der Waals surface area contributed by atoms with Gasteiger partial charge >= 0.3 is 0 Å². The third kappa shape index (κ3) is 5.32. The molecular formula is C18H32O15. The van der Waals surface area contributed by atoms with Gasteiger partial charge in [0.05, 0.1) is 19.3 Å². The van der Waals surface area contributed by atoms with Crippen molar-refractivity contribution in [3.63, 3.8) is 0 Å². The lowest BCUT2D eigenvalue weighted by Gasteiger charge is -2.47. The smallest absolute Gasteiger partial charge is 0.187 e. The minimum absolute atomic E-state index is 0.730. The summed E-state index contributed by atoms with van der Waals surface area (Å²) in [7, 11) is 0. The molecule has 33 heavy (non-hydrogen) atoms. The molecule has 194 valence electrons. The molecule has 3 heterocycles. The number of hydrogen-bond acceptors (Lipinski definition) is 15. The van der Waals surface area contributed by atoms with Gasteiger partial charge in [-0.2, -0.15) is 0 Å². The van der Waals surface area contributed by atoms with E-state index in [0.717, 1.165) is 0 Å². The maximum Gasteiger partial charge on any atom is 0.187 e. The Kier molecular flexibility index (Phi) is 8.99. The molecule has 0 aromatic rings. The molecule has 0 aromatic carbocycles. The summed E-state index contributed by atoms with van der Waals surface area (Å²) in [5, 5.41) is 99.8. The predicted octanol–water partition coefficient (Wildman–Crippen LogP) is -6.55. The lowest BCUT2D eigenvalue weighted by Crippen LogP contribution is -2.66. The predicted molar refractivity (Wildman–Crippen MR) is 99.8 cm³/mol. The summed E-state index contributed by atoms with van der Waals surface area (Å²) in [5.74, 6) is 0. The van der Waals surface area contributed by atoms with Gasteiger partial charge in [-0.25, -0.2) is 0 Å². The third-order valence-electron chi connectivity index (χ3n) is 6.05. The Morgan fingerprint density at radius 2 is 1.06 bits per heavy atom. The van der Waals surface area contributed by atoms with Gasteiger partial charge in [0.15, 0.2) is 18.9 Å². The quantitative estimate of drug-likeness (QED) is 0.167. The molecule has 0 radical (unpaired) electrons. The lowest BCUT2D eigenvalue weighted by atomic mass is 9.96. The molecule has 15 nitrogen and oxygen atoms in total. The summed E-state index contributed by atoms with van der Waals surface area (Å²) < 4.78 is 26.6. The Balaban J connectivity index is 1.75. The van der Waals surface area contributed by atoms with E-state index in [-0.39, 0.29) is 0 Å². The molecule has 3 aliphatic heterocycles. The van der Waals surface area contributed by atoms with Crippen molar-refractivity contribution >= 4 is 0 Å². The second kappa shape index (κ2) is 11.0. The van der Waals surface area contributed by atoms with Gasteiger partial charge < -0.3 is 74.7 Å². The maximum atomic E-state index is 10.8. The zero-order chi connectivity index (χ0) is 24.6. The first kappa shape index (κ1) is 27.0. The molecule has 0 saturated carbocycles. The highest BCUT2D eigenvalue weighted by Gasteiger charge is 2.53. The van der Waals surface area contributed by atoms with Crippen molar-refractivity contribution in [3.8, 4) is 0 Å². The van der Waals surface area contributed by atoms with E-state index in [0.29, 0.717) is 0 Å². The Labute approximate surface area is 187 Å². The number of aliphatic hydroxyl groups is 10. The van der Waals surface area contributed by atoms with Crippen molar-refractivity contribution in [2.24, 2.45) is 0 Å². The molecule has 3 aliphatic rings. The van der Waals surface area contributed by atoms with Gasteiger partial charge in [-0.05, 0) is 6.92 Å². The minimum atomic E-state index is -1.86. The van der Waals surface area contributed by atoms with Crippen LogP contribution in [0.4, 0.5) is 0 Å². The highest BCUT2D eigenvalue weighted by molar-refractivity contribution is 4.95. The van der Waals surface area contributed by atoms with Gasteiger partial charge in [0.1, 0.15) is 67.1 Å². The van der Waals surface area contributed by atoms with Crippen molar-refractivity contribution in [2.75, 3.05) is 13.2 Å². The first-order chi connectivity index (χ1) is 15.5. The zero-order valence-electron chi connectivity index (χ0n) is 17.6. The normalized spacial score (nSPS) is 53.7. The fraction of sp³-hybridized carbons (Fsp3) is 1.00. The van der Waals surface area contributed by atoms with Crippen LogP contribution in [0.25, 0.3) is 0 Å². The molecule has 10 N–H and O–H groups in total. The second-order valence-electron chi connectivity index (χ2n) is 8.32. The summed E-state index contributed by atoms with van der Waals surface area (Å²) in [4.78, 5) is 0. The molecule has 0 amide bonds. The van der Waals surface area contributed by atoms with Crippen molar-refractivity contribution in [1.29, 1.82) is 0 Å². The van der Waals surface area contributed by atoms with Crippen molar-refractivity contribution in [3.05, 3.63) is 0 Å². The van der Waals surface area contributed by atoms with Crippen LogP contribution in [0.2, 0.25) is 0 Å². The fourth-order valence-electron chi connectivity index (χ4n) is 3.99. The SMILES string of the molecule is C[C@@H]1O[C@@H](O[C@@H]2[C@@H](O)[C@H](O[C@@H]3O[C@H](CO)[C@H](O)[C@H](O)[C@H]3O)[C@@H](CO)O[C@@H]2O)[C@@H](O)[C@H](O)[C@@H]1O. The van der Waals surface area contributed by atoms with E-state index in [4.69, 9.17) is 23.7 Å². The topological polar surface area (TPSA) is 248 Å². The molecule has 0 bridgehead atoms. The van der Waals surface area contributed by atoms with Gasteiger partial charge in [-0.1, -0.05) is 0 Å². The van der Waals surface area contributed by atoms with Crippen LogP contribution in [0.5, 0.6) is 0 Å². The van der Waals surface area contributed by atoms with E-state index < -0.39 is 105 Å². The molecule has 15 atom stereocenters. The average molecular weight is 488 g/mol. The highest BCUT2D eigenvalue weighted by Crippen LogP contribution is 2.32. The average Bonchev–Trinajstić information content (AvgIpc) is 2.79. The summed E-state index contributed by atoms with van der Waals surface area (Å²) in [6.07, 6.45) is -23.9. The van der Waals surface area contributed by atoms with Gasteiger partial charge in [0.2, 0.25) is 0 Å². The number of ether oxygens (including phenoxy) is 5. The van der Waals surface area contributed by atoms with Gasteiger partial charge in [0.25, 0.3) is 0 Å². The fourth-order valence-corrected chi connectivity index (χ4v) is 3.99. The molecule has 0 aliphatic carbocycles. The van der Waals surface area contributed by atoms with Crippen molar-refractivity contribution in [1.82, 2.24) is 0 Å². The van der Waals surface area contributed by atoms with E-state index in [9.17, 15) is 51.1 Å². The zero-order valence-corrected chi connectivity index (χ0v) is 17.6. The van der Waals surface area contributed by atoms with E-state index in [2.05, 4.69) is 0 Å². The van der Waals surface area contributed by atoms with E-state index in [1.807, 2.05) is 0 Å². The molecular weight excluding hydrogens is 456 g/mol. The Hall–Kier alpha value is -0.600. The number of hydrogen-bond donors (Lipinski definition) is 10. The Morgan fingerprint density at radius 1 is 0.545 bits per heavy atom. The van der Waals surface area contributed by atoms with Crippen molar-refractivity contribution < 1.29 is 74.7 Å².